The van der Waals surface area contributed by atoms with Crippen molar-refractivity contribution in [2.45, 2.75) is 13.0 Å². The molecule has 0 aliphatic carbocycles. The zero-order valence-corrected chi connectivity index (χ0v) is 16.1. The molecule has 29 heavy (non-hydrogen) atoms. The van der Waals surface area contributed by atoms with E-state index in [1.165, 1.54) is 17.9 Å². The molecule has 2 saturated heterocycles. The number of aromatic amines is 1. The third kappa shape index (κ3) is 4.10. The van der Waals surface area contributed by atoms with Crippen molar-refractivity contribution in [1.29, 1.82) is 0 Å². The zero-order chi connectivity index (χ0) is 20.4. The largest absolute Gasteiger partial charge is 0.442 e. The molecule has 1 atom stereocenters. The van der Waals surface area contributed by atoms with Crippen LogP contribution in [0.3, 0.4) is 0 Å². The van der Waals surface area contributed by atoms with Gasteiger partial charge in [0.1, 0.15) is 11.9 Å². The van der Waals surface area contributed by atoms with Gasteiger partial charge in [-0.25, -0.2) is 14.2 Å². The maximum absolute atomic E-state index is 14.8. The maximum Gasteiger partial charge on any atom is 0.414 e. The van der Waals surface area contributed by atoms with Crippen molar-refractivity contribution in [3.05, 3.63) is 36.4 Å². The van der Waals surface area contributed by atoms with Crippen LogP contribution < -0.4 is 20.0 Å². The third-order valence-corrected chi connectivity index (χ3v) is 5.10. The predicted molar refractivity (Wildman–Crippen MR) is 106 cm³/mol. The highest BCUT2D eigenvalue weighted by Crippen LogP contribution is 2.28. The third-order valence-electron chi connectivity index (χ3n) is 5.10. The number of carbonyl (C=O) groups excluding carboxylic acids is 2. The first kappa shape index (κ1) is 19.0. The Morgan fingerprint density at radius 3 is 2.72 bits per heavy atom. The Labute approximate surface area is 167 Å². The normalized spacial score (nSPS) is 19.4. The number of benzene rings is 1. The first-order valence-electron chi connectivity index (χ1n) is 9.52. The van der Waals surface area contributed by atoms with Crippen LogP contribution in [0.5, 0.6) is 0 Å². The summed E-state index contributed by atoms with van der Waals surface area (Å²) in [5.74, 6) is 0.246. The molecule has 2 aliphatic heterocycles. The Morgan fingerprint density at radius 1 is 1.31 bits per heavy atom. The quantitative estimate of drug-likeness (QED) is 0.784. The standard InChI is InChI=1S/C19H23FN6O3/c1-13(27)23-11-15-12-26(19(28)29-15)14-2-3-17(16(20)10-14)24-6-8-25(9-7-24)18-21-4-5-22-18/h2-5,10,15H,6-9,11-12H2,1H3,(H,21,22)(H,23,27)/t15-/m0/s1. The molecule has 1 aromatic carbocycles. The van der Waals surface area contributed by atoms with Gasteiger partial charge in [-0.2, -0.15) is 0 Å². The summed E-state index contributed by atoms with van der Waals surface area (Å²) < 4.78 is 20.1. The number of nitrogens with one attached hydrogen (secondary N) is 2. The molecule has 0 bridgehead atoms. The number of aromatic nitrogens is 2. The summed E-state index contributed by atoms with van der Waals surface area (Å²) in [4.78, 5) is 36.0. The number of anilines is 3. The lowest BCUT2D eigenvalue weighted by Gasteiger charge is -2.36. The zero-order valence-electron chi connectivity index (χ0n) is 16.1. The summed E-state index contributed by atoms with van der Waals surface area (Å²) >= 11 is 0. The van der Waals surface area contributed by atoms with E-state index in [2.05, 4.69) is 20.2 Å². The average Bonchev–Trinajstić information content (AvgIpc) is 3.36. The molecule has 10 heteroatoms. The van der Waals surface area contributed by atoms with Crippen LogP contribution in [0.25, 0.3) is 0 Å². The molecule has 2 amide bonds. The van der Waals surface area contributed by atoms with Crippen LogP contribution in [0.1, 0.15) is 6.92 Å². The van der Waals surface area contributed by atoms with Gasteiger partial charge in [0.05, 0.1) is 24.5 Å². The summed E-state index contributed by atoms with van der Waals surface area (Å²) in [6, 6.07) is 4.78. The number of rotatable bonds is 5. The second-order valence-electron chi connectivity index (χ2n) is 7.08. The summed E-state index contributed by atoms with van der Waals surface area (Å²) in [6.07, 6.45) is 2.50. The number of hydrogen-bond acceptors (Lipinski definition) is 6. The molecule has 154 valence electrons. The molecule has 1 aromatic heterocycles. The molecule has 0 unspecified atom stereocenters. The van der Waals surface area contributed by atoms with Crippen LogP contribution >= 0.6 is 0 Å². The number of H-pyrrole nitrogens is 1. The Bertz CT molecular complexity index is 882. The summed E-state index contributed by atoms with van der Waals surface area (Å²) in [5, 5.41) is 2.62. The van der Waals surface area contributed by atoms with E-state index in [-0.39, 0.29) is 24.8 Å². The Hall–Kier alpha value is -3.30. The van der Waals surface area contributed by atoms with E-state index in [0.717, 1.165) is 19.0 Å². The molecule has 2 N–H and O–H groups in total. The second kappa shape index (κ2) is 7.98. The molecule has 2 aromatic rings. The van der Waals surface area contributed by atoms with Gasteiger partial charge in [-0.15, -0.1) is 0 Å². The van der Waals surface area contributed by atoms with Crippen LogP contribution in [0.2, 0.25) is 0 Å². The fraction of sp³-hybridized carbons (Fsp3) is 0.421. The molecule has 0 spiro atoms. The van der Waals surface area contributed by atoms with Crippen LogP contribution in [-0.2, 0) is 9.53 Å². The molecule has 0 saturated carbocycles. The topological polar surface area (TPSA) is 93.8 Å². The molecule has 3 heterocycles. The first-order valence-corrected chi connectivity index (χ1v) is 9.52. The predicted octanol–water partition coefficient (Wildman–Crippen LogP) is 1.34. The van der Waals surface area contributed by atoms with E-state index >= 15 is 0 Å². The van der Waals surface area contributed by atoms with Gasteiger partial charge in [0, 0.05) is 45.5 Å². The van der Waals surface area contributed by atoms with Gasteiger partial charge in [-0.1, -0.05) is 0 Å². The smallest absolute Gasteiger partial charge is 0.414 e. The van der Waals surface area contributed by atoms with Gasteiger partial charge in [-0.3, -0.25) is 9.69 Å². The Balaban J connectivity index is 1.39. The summed E-state index contributed by atoms with van der Waals surface area (Å²) in [7, 11) is 0. The number of halogens is 1. The lowest BCUT2D eigenvalue weighted by atomic mass is 10.2. The van der Waals surface area contributed by atoms with Crippen molar-refractivity contribution < 1.29 is 18.7 Å². The van der Waals surface area contributed by atoms with Gasteiger partial charge < -0.3 is 24.8 Å². The Morgan fingerprint density at radius 2 is 2.07 bits per heavy atom. The number of amides is 2. The van der Waals surface area contributed by atoms with Gasteiger partial charge in [0.2, 0.25) is 11.9 Å². The van der Waals surface area contributed by atoms with Crippen LogP contribution in [0.4, 0.5) is 26.5 Å². The maximum atomic E-state index is 14.8. The van der Waals surface area contributed by atoms with Gasteiger partial charge in [0.25, 0.3) is 0 Å². The highest BCUT2D eigenvalue weighted by atomic mass is 19.1. The number of imidazole rings is 1. The molecular formula is C19H23FN6O3. The van der Waals surface area contributed by atoms with Crippen LogP contribution in [-0.4, -0.2) is 67.3 Å². The van der Waals surface area contributed by atoms with Crippen molar-refractivity contribution >= 4 is 29.3 Å². The molecule has 2 aliphatic rings. The summed E-state index contributed by atoms with van der Waals surface area (Å²) in [6.45, 7) is 4.70. The number of cyclic esters (lactones) is 1. The lowest BCUT2D eigenvalue weighted by molar-refractivity contribution is -0.119. The van der Waals surface area contributed by atoms with Crippen molar-refractivity contribution in [2.75, 3.05) is 54.0 Å². The molecule has 2 fully saturated rings. The monoisotopic (exact) mass is 402 g/mol. The number of hydrogen-bond donors (Lipinski definition) is 2. The minimum Gasteiger partial charge on any atom is -0.442 e. The van der Waals surface area contributed by atoms with Crippen molar-refractivity contribution in [2.24, 2.45) is 0 Å². The average molecular weight is 402 g/mol. The SMILES string of the molecule is CC(=O)NC[C@H]1CN(c2ccc(N3CCN(c4ncc[nH]4)CC3)c(F)c2)C(=O)O1. The van der Waals surface area contributed by atoms with Gasteiger partial charge >= 0.3 is 6.09 Å². The minimum atomic E-state index is -0.542. The van der Waals surface area contributed by atoms with Crippen molar-refractivity contribution in [1.82, 2.24) is 15.3 Å². The van der Waals surface area contributed by atoms with Crippen molar-refractivity contribution in [3.63, 3.8) is 0 Å². The van der Waals surface area contributed by atoms with E-state index in [1.54, 1.807) is 24.5 Å². The summed E-state index contributed by atoms with van der Waals surface area (Å²) in [5.41, 5.74) is 0.950. The number of nitrogens with zero attached hydrogens (tertiary/aromatic N) is 4. The molecule has 9 nitrogen and oxygen atoms in total. The highest BCUT2D eigenvalue weighted by molar-refractivity contribution is 5.90. The molecule has 0 radical (unpaired) electrons. The Kier molecular flexibility index (Phi) is 5.24. The van der Waals surface area contributed by atoms with Crippen LogP contribution in [0, 0.1) is 5.82 Å². The van der Waals surface area contributed by atoms with Gasteiger partial charge in [-0.05, 0) is 18.2 Å². The fourth-order valence-electron chi connectivity index (χ4n) is 3.61. The van der Waals surface area contributed by atoms with Crippen LogP contribution in [0.15, 0.2) is 30.6 Å². The molecular weight excluding hydrogens is 379 g/mol. The van der Waals surface area contributed by atoms with E-state index in [1.807, 2.05) is 4.90 Å². The lowest BCUT2D eigenvalue weighted by Crippen LogP contribution is -2.47. The fourth-order valence-corrected chi connectivity index (χ4v) is 3.61. The second-order valence-corrected chi connectivity index (χ2v) is 7.08. The van der Waals surface area contributed by atoms with E-state index in [0.29, 0.717) is 24.5 Å². The number of piperazine rings is 1. The highest BCUT2D eigenvalue weighted by Gasteiger charge is 2.33. The van der Waals surface area contributed by atoms with E-state index in [9.17, 15) is 14.0 Å². The van der Waals surface area contributed by atoms with Gasteiger partial charge in [0.15, 0.2) is 0 Å². The first-order chi connectivity index (χ1) is 14.0. The van der Waals surface area contributed by atoms with E-state index < -0.39 is 12.2 Å². The minimum absolute atomic E-state index is 0.193. The van der Waals surface area contributed by atoms with Crippen molar-refractivity contribution in [3.8, 4) is 0 Å². The van der Waals surface area contributed by atoms with E-state index in [4.69, 9.17) is 4.74 Å². The number of carbonyl (C=O) groups is 2. The number of ether oxygens (including phenoxy) is 1. The molecule has 4 rings (SSSR count).